The molecule has 1 heterocycles. The maximum absolute atomic E-state index is 13.0. The number of halogens is 2. The molecule has 0 radical (unpaired) electrons. The Morgan fingerprint density at radius 2 is 1.61 bits per heavy atom. The number of rotatable bonds is 6. The van der Waals surface area contributed by atoms with E-state index in [1.54, 1.807) is 12.1 Å². The highest BCUT2D eigenvalue weighted by atomic mass is 79.9. The molecule has 0 aromatic heterocycles. The summed E-state index contributed by atoms with van der Waals surface area (Å²) >= 11 is 3.37. The Kier molecular flexibility index (Phi) is 7.17. The third-order valence-electron chi connectivity index (χ3n) is 4.78. The van der Waals surface area contributed by atoms with Crippen molar-refractivity contribution in [2.24, 2.45) is 0 Å². The molecule has 1 aliphatic rings. The van der Waals surface area contributed by atoms with Gasteiger partial charge in [0.1, 0.15) is 5.82 Å². The molecule has 1 N–H and O–H groups in total. The van der Waals surface area contributed by atoms with Gasteiger partial charge < -0.3 is 10.2 Å². The Balaban J connectivity index is 1.37. The zero-order chi connectivity index (χ0) is 19.9. The van der Waals surface area contributed by atoms with Crippen LogP contribution in [0.25, 0.3) is 0 Å². The number of carbonyl (C=O) groups is 2. The fourth-order valence-electron chi connectivity index (χ4n) is 3.13. The SMILES string of the molecule is O=C(CCN1CCN(C(=O)Cc2ccc(F)cc2)CC1)Nc1ccc(Br)cc1. The van der Waals surface area contributed by atoms with Crippen LogP contribution in [0.2, 0.25) is 0 Å². The van der Waals surface area contributed by atoms with Crippen molar-refractivity contribution in [2.75, 3.05) is 38.0 Å². The van der Waals surface area contributed by atoms with Gasteiger partial charge in [-0.2, -0.15) is 0 Å². The van der Waals surface area contributed by atoms with Crippen LogP contribution in [-0.4, -0.2) is 54.3 Å². The van der Waals surface area contributed by atoms with Crippen LogP contribution in [0.4, 0.5) is 10.1 Å². The monoisotopic (exact) mass is 447 g/mol. The number of amides is 2. The number of nitrogens with zero attached hydrogens (tertiary/aromatic N) is 2. The summed E-state index contributed by atoms with van der Waals surface area (Å²) < 4.78 is 13.9. The fraction of sp³-hybridized carbons (Fsp3) is 0.333. The summed E-state index contributed by atoms with van der Waals surface area (Å²) in [5.41, 5.74) is 1.60. The normalized spacial score (nSPS) is 14.7. The van der Waals surface area contributed by atoms with Gasteiger partial charge in [0.25, 0.3) is 0 Å². The number of hydrogen-bond acceptors (Lipinski definition) is 3. The minimum absolute atomic E-state index is 0.0165. The second-order valence-corrected chi connectivity index (χ2v) is 7.75. The zero-order valence-electron chi connectivity index (χ0n) is 15.5. The van der Waals surface area contributed by atoms with E-state index in [0.717, 1.165) is 28.8 Å². The molecule has 5 nitrogen and oxygen atoms in total. The van der Waals surface area contributed by atoms with Crippen LogP contribution in [0.15, 0.2) is 53.0 Å². The van der Waals surface area contributed by atoms with Gasteiger partial charge in [-0.15, -0.1) is 0 Å². The van der Waals surface area contributed by atoms with Gasteiger partial charge in [-0.3, -0.25) is 14.5 Å². The maximum atomic E-state index is 13.0. The molecule has 0 saturated carbocycles. The minimum Gasteiger partial charge on any atom is -0.340 e. The molecular formula is C21H23BrFN3O2. The minimum atomic E-state index is -0.297. The quantitative estimate of drug-likeness (QED) is 0.738. The molecule has 7 heteroatoms. The van der Waals surface area contributed by atoms with Crippen molar-refractivity contribution in [3.8, 4) is 0 Å². The van der Waals surface area contributed by atoms with Gasteiger partial charge >= 0.3 is 0 Å². The number of carbonyl (C=O) groups excluding carboxylic acids is 2. The molecule has 0 aliphatic carbocycles. The Hall–Kier alpha value is -2.25. The predicted octanol–water partition coefficient (Wildman–Crippen LogP) is 3.30. The topological polar surface area (TPSA) is 52.7 Å². The fourth-order valence-corrected chi connectivity index (χ4v) is 3.39. The first-order chi connectivity index (χ1) is 13.5. The van der Waals surface area contributed by atoms with Crippen molar-refractivity contribution < 1.29 is 14.0 Å². The molecule has 2 aromatic carbocycles. The van der Waals surface area contributed by atoms with E-state index in [1.807, 2.05) is 29.2 Å². The molecule has 0 spiro atoms. The number of anilines is 1. The van der Waals surface area contributed by atoms with Crippen molar-refractivity contribution in [1.29, 1.82) is 0 Å². The first-order valence-corrected chi connectivity index (χ1v) is 10.1. The lowest BCUT2D eigenvalue weighted by atomic mass is 10.1. The highest BCUT2D eigenvalue weighted by molar-refractivity contribution is 9.10. The number of piperazine rings is 1. The molecule has 2 amide bonds. The van der Waals surface area contributed by atoms with E-state index in [2.05, 4.69) is 26.1 Å². The molecule has 0 atom stereocenters. The predicted molar refractivity (Wildman–Crippen MR) is 111 cm³/mol. The largest absolute Gasteiger partial charge is 0.340 e. The zero-order valence-corrected chi connectivity index (χ0v) is 17.1. The second-order valence-electron chi connectivity index (χ2n) is 6.83. The highest BCUT2D eigenvalue weighted by Gasteiger charge is 2.21. The van der Waals surface area contributed by atoms with Crippen LogP contribution in [-0.2, 0) is 16.0 Å². The Morgan fingerprint density at radius 1 is 0.964 bits per heavy atom. The molecule has 1 fully saturated rings. The van der Waals surface area contributed by atoms with Crippen LogP contribution in [0.5, 0.6) is 0 Å². The van der Waals surface area contributed by atoms with E-state index in [0.29, 0.717) is 26.1 Å². The number of hydrogen-bond donors (Lipinski definition) is 1. The van der Waals surface area contributed by atoms with Gasteiger partial charge in [-0.25, -0.2) is 4.39 Å². The standard InChI is InChI=1S/C21H23BrFN3O2/c22-17-3-7-19(8-4-17)24-20(27)9-10-25-11-13-26(14-12-25)21(28)15-16-1-5-18(23)6-2-16/h1-8H,9-15H2,(H,24,27). The molecule has 2 aromatic rings. The molecular weight excluding hydrogens is 425 g/mol. The molecule has 1 aliphatic heterocycles. The summed E-state index contributed by atoms with van der Waals surface area (Å²) in [6.07, 6.45) is 0.704. The van der Waals surface area contributed by atoms with Gasteiger partial charge in [0.2, 0.25) is 11.8 Å². The Morgan fingerprint density at radius 3 is 2.25 bits per heavy atom. The van der Waals surface area contributed by atoms with Crippen LogP contribution in [0.1, 0.15) is 12.0 Å². The molecule has 0 unspecified atom stereocenters. The Bertz CT molecular complexity index is 803. The Labute approximate surface area is 172 Å². The lowest BCUT2D eigenvalue weighted by Crippen LogP contribution is -2.49. The molecule has 28 heavy (non-hydrogen) atoms. The smallest absolute Gasteiger partial charge is 0.227 e. The van der Waals surface area contributed by atoms with E-state index in [1.165, 1.54) is 12.1 Å². The lowest BCUT2D eigenvalue weighted by Gasteiger charge is -2.34. The van der Waals surface area contributed by atoms with E-state index < -0.39 is 0 Å². The van der Waals surface area contributed by atoms with E-state index in [9.17, 15) is 14.0 Å². The van der Waals surface area contributed by atoms with Crippen molar-refractivity contribution in [2.45, 2.75) is 12.8 Å². The van der Waals surface area contributed by atoms with Crippen molar-refractivity contribution in [3.05, 3.63) is 64.4 Å². The molecule has 1 saturated heterocycles. The van der Waals surface area contributed by atoms with Gasteiger partial charge in [0, 0.05) is 49.3 Å². The number of benzene rings is 2. The second kappa shape index (κ2) is 9.80. The van der Waals surface area contributed by atoms with Crippen LogP contribution in [0, 0.1) is 5.82 Å². The summed E-state index contributed by atoms with van der Waals surface area (Å²) in [5, 5.41) is 2.89. The highest BCUT2D eigenvalue weighted by Crippen LogP contribution is 2.14. The molecule has 3 rings (SSSR count). The van der Waals surface area contributed by atoms with Gasteiger partial charge in [-0.05, 0) is 42.0 Å². The summed E-state index contributed by atoms with van der Waals surface area (Å²) in [6, 6.07) is 13.5. The third-order valence-corrected chi connectivity index (χ3v) is 5.31. The van der Waals surface area contributed by atoms with Gasteiger partial charge in [0.05, 0.1) is 6.42 Å². The maximum Gasteiger partial charge on any atom is 0.227 e. The lowest BCUT2D eigenvalue weighted by molar-refractivity contribution is -0.132. The van der Waals surface area contributed by atoms with Crippen LogP contribution < -0.4 is 5.32 Å². The summed E-state index contributed by atoms with van der Waals surface area (Å²) in [5.74, 6) is -0.259. The third kappa shape index (κ3) is 6.14. The van der Waals surface area contributed by atoms with Crippen molar-refractivity contribution in [3.63, 3.8) is 0 Å². The van der Waals surface area contributed by atoms with Gasteiger partial charge in [-0.1, -0.05) is 28.1 Å². The number of nitrogens with one attached hydrogen (secondary N) is 1. The average Bonchev–Trinajstić information content (AvgIpc) is 2.70. The molecule has 0 bridgehead atoms. The molecule has 148 valence electrons. The van der Waals surface area contributed by atoms with Crippen molar-refractivity contribution >= 4 is 33.4 Å². The first kappa shape index (κ1) is 20.5. The summed E-state index contributed by atoms with van der Waals surface area (Å²) in [6.45, 7) is 3.46. The van der Waals surface area contributed by atoms with Crippen LogP contribution >= 0.6 is 15.9 Å². The van der Waals surface area contributed by atoms with Crippen molar-refractivity contribution in [1.82, 2.24) is 9.80 Å². The van der Waals surface area contributed by atoms with E-state index in [4.69, 9.17) is 0 Å². The summed E-state index contributed by atoms with van der Waals surface area (Å²) in [4.78, 5) is 28.5. The average molecular weight is 448 g/mol. The first-order valence-electron chi connectivity index (χ1n) is 9.29. The summed E-state index contributed by atoms with van der Waals surface area (Å²) in [7, 11) is 0. The van der Waals surface area contributed by atoms with Gasteiger partial charge in [0.15, 0.2) is 0 Å². The van der Waals surface area contributed by atoms with E-state index in [-0.39, 0.29) is 24.1 Å². The van der Waals surface area contributed by atoms with E-state index >= 15 is 0 Å². The van der Waals surface area contributed by atoms with Crippen LogP contribution in [0.3, 0.4) is 0 Å².